The van der Waals surface area contributed by atoms with Gasteiger partial charge >= 0.3 is 5.97 Å². The van der Waals surface area contributed by atoms with Crippen molar-refractivity contribution in [2.75, 3.05) is 18.2 Å². The van der Waals surface area contributed by atoms with Crippen LogP contribution in [0.25, 0.3) is 0 Å². The van der Waals surface area contributed by atoms with Gasteiger partial charge in [-0.15, -0.1) is 11.3 Å². The molecule has 1 N–H and O–H groups in total. The summed E-state index contributed by atoms with van der Waals surface area (Å²) in [7, 11) is 0. The minimum absolute atomic E-state index is 0.0886. The normalized spacial score (nSPS) is 10.9. The highest BCUT2D eigenvalue weighted by molar-refractivity contribution is 7.98. The summed E-state index contributed by atoms with van der Waals surface area (Å²) >= 11 is 14.0. The van der Waals surface area contributed by atoms with Gasteiger partial charge in [-0.3, -0.25) is 4.79 Å². The minimum atomic E-state index is -1.26. The van der Waals surface area contributed by atoms with Crippen LogP contribution in [0.5, 0.6) is 0 Å². The molecule has 0 atom stereocenters. The maximum atomic E-state index is 12.4. The van der Waals surface area contributed by atoms with Crippen molar-refractivity contribution in [3.05, 3.63) is 28.1 Å². The fraction of sp³-hybridized carbons (Fsp3) is 0.357. The van der Waals surface area contributed by atoms with Crippen molar-refractivity contribution in [2.24, 2.45) is 0 Å². The number of thioether (sulfide) groups is 1. The zero-order valence-electron chi connectivity index (χ0n) is 12.9. The molecule has 0 aromatic carbocycles. The van der Waals surface area contributed by atoms with Gasteiger partial charge in [0.2, 0.25) is 0 Å². The smallest absolute Gasteiger partial charge is 0.358 e. The molecule has 1 amide bonds. The number of thiophene rings is 1. The predicted molar refractivity (Wildman–Crippen MR) is 97.5 cm³/mol. The summed E-state index contributed by atoms with van der Waals surface area (Å²) in [6.45, 7) is 2.36. The highest BCUT2D eigenvalue weighted by Gasteiger charge is 2.26. The average Bonchev–Trinajstić information content (AvgIpc) is 3.15. The van der Waals surface area contributed by atoms with E-state index in [0.29, 0.717) is 11.7 Å². The number of ether oxygens (including phenoxy) is 1. The van der Waals surface area contributed by atoms with Gasteiger partial charge in [0.15, 0.2) is 21.5 Å². The summed E-state index contributed by atoms with van der Waals surface area (Å²) in [5, 5.41) is 5.00. The van der Waals surface area contributed by atoms with E-state index in [0.717, 1.165) is 4.88 Å². The lowest BCUT2D eigenvalue weighted by Crippen LogP contribution is -2.22. The number of aromatic nitrogens is 2. The number of carbonyl (C=O) groups is 2. The van der Waals surface area contributed by atoms with E-state index < -0.39 is 16.7 Å². The highest BCUT2D eigenvalue weighted by atomic mass is 35.5. The number of nitrogens with zero attached hydrogens (tertiary/aromatic N) is 2. The van der Waals surface area contributed by atoms with Crippen LogP contribution in [-0.2, 0) is 16.1 Å². The number of anilines is 1. The molecule has 10 heteroatoms. The highest BCUT2D eigenvalue weighted by Crippen LogP contribution is 2.27. The standard InChI is InChI=1S/C14H15Cl2N3O3S2/c1-3-22-13(21)9-11(17-12(20)10(15)16)18-14(23-2)19(9)7-8-5-4-6-24-8/h4-6,10H,3,7H2,1-2H3,(H,17,20). The number of esters is 1. The van der Waals surface area contributed by atoms with Gasteiger partial charge in [-0.1, -0.05) is 41.0 Å². The van der Waals surface area contributed by atoms with Crippen LogP contribution in [0.4, 0.5) is 5.82 Å². The van der Waals surface area contributed by atoms with E-state index in [1.807, 2.05) is 23.8 Å². The van der Waals surface area contributed by atoms with Crippen LogP contribution < -0.4 is 5.32 Å². The Morgan fingerprint density at radius 3 is 2.79 bits per heavy atom. The van der Waals surface area contributed by atoms with Gasteiger partial charge < -0.3 is 14.6 Å². The summed E-state index contributed by atoms with van der Waals surface area (Å²) in [5.74, 6) is -1.14. The Hall–Kier alpha value is -1.22. The second kappa shape index (κ2) is 8.75. The van der Waals surface area contributed by atoms with Gasteiger partial charge in [-0.25, -0.2) is 9.78 Å². The molecular formula is C14H15Cl2N3O3S2. The van der Waals surface area contributed by atoms with E-state index >= 15 is 0 Å². The average molecular weight is 408 g/mol. The number of amides is 1. The van der Waals surface area contributed by atoms with Crippen molar-refractivity contribution >= 4 is 64.0 Å². The topological polar surface area (TPSA) is 73.2 Å². The number of carbonyl (C=O) groups excluding carboxylic acids is 2. The van der Waals surface area contributed by atoms with E-state index in [-0.39, 0.29) is 18.1 Å². The molecule has 2 heterocycles. The molecule has 0 bridgehead atoms. The summed E-state index contributed by atoms with van der Waals surface area (Å²) < 4.78 is 6.82. The molecule has 6 nitrogen and oxygen atoms in total. The molecule has 0 aliphatic rings. The van der Waals surface area contributed by atoms with Crippen LogP contribution in [0, 0.1) is 0 Å². The lowest BCUT2D eigenvalue weighted by Gasteiger charge is -2.10. The van der Waals surface area contributed by atoms with Crippen molar-refractivity contribution in [3.63, 3.8) is 0 Å². The SMILES string of the molecule is CCOC(=O)c1c(NC(=O)C(Cl)Cl)nc(SC)n1Cc1cccs1. The van der Waals surface area contributed by atoms with E-state index in [2.05, 4.69) is 10.3 Å². The van der Waals surface area contributed by atoms with Crippen molar-refractivity contribution in [1.82, 2.24) is 9.55 Å². The quantitative estimate of drug-likeness (QED) is 0.430. The van der Waals surface area contributed by atoms with Gasteiger partial charge in [0.25, 0.3) is 5.91 Å². The Labute approximate surface area is 157 Å². The second-order valence-electron chi connectivity index (χ2n) is 4.47. The molecule has 0 aliphatic carbocycles. The number of halogens is 2. The van der Waals surface area contributed by atoms with Crippen LogP contribution in [0.3, 0.4) is 0 Å². The first-order chi connectivity index (χ1) is 11.5. The molecule has 0 fully saturated rings. The fourth-order valence-corrected chi connectivity index (χ4v) is 3.32. The molecule has 2 aromatic heterocycles. The zero-order chi connectivity index (χ0) is 17.7. The monoisotopic (exact) mass is 407 g/mol. The Morgan fingerprint density at radius 1 is 1.50 bits per heavy atom. The summed E-state index contributed by atoms with van der Waals surface area (Å²) in [6.07, 6.45) is 1.83. The summed E-state index contributed by atoms with van der Waals surface area (Å²) in [6, 6.07) is 3.88. The molecule has 2 rings (SSSR count). The summed E-state index contributed by atoms with van der Waals surface area (Å²) in [5.41, 5.74) is 0.164. The maximum absolute atomic E-state index is 12.4. The largest absolute Gasteiger partial charge is 0.461 e. The van der Waals surface area contributed by atoms with Gasteiger partial charge in [-0.05, 0) is 24.6 Å². The molecule has 0 saturated carbocycles. The Bertz CT molecular complexity index is 717. The minimum Gasteiger partial charge on any atom is -0.461 e. The second-order valence-corrected chi connectivity index (χ2v) is 7.37. The van der Waals surface area contributed by atoms with Crippen molar-refractivity contribution in [2.45, 2.75) is 23.5 Å². The molecule has 130 valence electrons. The summed E-state index contributed by atoms with van der Waals surface area (Å²) in [4.78, 5) is 28.3. The van der Waals surface area contributed by atoms with E-state index in [1.165, 1.54) is 11.8 Å². The van der Waals surface area contributed by atoms with Crippen LogP contribution >= 0.6 is 46.3 Å². The van der Waals surface area contributed by atoms with Crippen LogP contribution in [0.2, 0.25) is 0 Å². The van der Waals surface area contributed by atoms with E-state index in [1.54, 1.807) is 22.8 Å². The number of hydrogen-bond donors (Lipinski definition) is 1. The van der Waals surface area contributed by atoms with E-state index in [4.69, 9.17) is 27.9 Å². The molecule has 0 radical (unpaired) electrons. The van der Waals surface area contributed by atoms with Crippen LogP contribution in [0.15, 0.2) is 22.7 Å². The van der Waals surface area contributed by atoms with Crippen LogP contribution in [0.1, 0.15) is 22.3 Å². The van der Waals surface area contributed by atoms with Crippen molar-refractivity contribution < 1.29 is 14.3 Å². The van der Waals surface area contributed by atoms with Gasteiger partial charge in [0, 0.05) is 4.88 Å². The lowest BCUT2D eigenvalue weighted by molar-refractivity contribution is -0.114. The maximum Gasteiger partial charge on any atom is 0.358 e. The molecule has 0 saturated heterocycles. The lowest BCUT2D eigenvalue weighted by atomic mass is 10.4. The Balaban J connectivity index is 2.47. The Morgan fingerprint density at radius 2 is 2.25 bits per heavy atom. The molecule has 24 heavy (non-hydrogen) atoms. The third-order valence-electron chi connectivity index (χ3n) is 2.92. The molecule has 0 spiro atoms. The number of imidazole rings is 1. The first-order valence-electron chi connectivity index (χ1n) is 6.91. The predicted octanol–water partition coefficient (Wildman–Crippen LogP) is 3.63. The number of hydrogen-bond acceptors (Lipinski definition) is 6. The molecule has 0 aliphatic heterocycles. The first-order valence-corrected chi connectivity index (χ1v) is 9.88. The van der Waals surface area contributed by atoms with Crippen molar-refractivity contribution in [1.29, 1.82) is 0 Å². The molecule has 2 aromatic rings. The Kier molecular flexibility index (Phi) is 6.97. The van der Waals surface area contributed by atoms with Gasteiger partial charge in [0.1, 0.15) is 0 Å². The number of nitrogens with one attached hydrogen (secondary N) is 1. The third-order valence-corrected chi connectivity index (χ3v) is 4.85. The van der Waals surface area contributed by atoms with E-state index in [9.17, 15) is 9.59 Å². The molecule has 0 unspecified atom stereocenters. The third kappa shape index (κ3) is 4.44. The van der Waals surface area contributed by atoms with Crippen LogP contribution in [-0.4, -0.2) is 39.1 Å². The van der Waals surface area contributed by atoms with Crippen molar-refractivity contribution in [3.8, 4) is 0 Å². The zero-order valence-corrected chi connectivity index (χ0v) is 16.1. The molecular weight excluding hydrogens is 393 g/mol. The fourth-order valence-electron chi connectivity index (χ4n) is 1.96. The van der Waals surface area contributed by atoms with Gasteiger partial charge in [-0.2, -0.15) is 0 Å². The number of alkyl halides is 2. The first kappa shape index (κ1) is 19.1. The number of rotatable bonds is 7. The van der Waals surface area contributed by atoms with Gasteiger partial charge in [0.05, 0.1) is 13.2 Å².